The third kappa shape index (κ3) is 4.39. The van der Waals surface area contributed by atoms with Crippen molar-refractivity contribution in [3.63, 3.8) is 0 Å². The minimum atomic E-state index is -0.233. The normalized spacial score (nSPS) is 10.4. The van der Waals surface area contributed by atoms with Crippen molar-refractivity contribution < 1.29 is 9.13 Å². The fourth-order valence-corrected chi connectivity index (χ4v) is 1.88. The summed E-state index contributed by atoms with van der Waals surface area (Å²) in [7, 11) is 1.59. The zero-order chi connectivity index (χ0) is 15.1. The van der Waals surface area contributed by atoms with Gasteiger partial charge in [-0.05, 0) is 13.0 Å². The molecule has 1 heterocycles. The molecule has 0 aliphatic rings. The number of rotatable bonds is 7. The molecule has 0 radical (unpaired) electrons. The minimum Gasteiger partial charge on any atom is -0.377 e. The van der Waals surface area contributed by atoms with Crippen LogP contribution in [0.25, 0.3) is 0 Å². The first-order valence-electron chi connectivity index (χ1n) is 6.81. The highest BCUT2D eigenvalue weighted by molar-refractivity contribution is 5.47. The zero-order valence-electron chi connectivity index (χ0n) is 12.2. The Morgan fingerprint density at radius 3 is 2.52 bits per heavy atom. The molecule has 0 spiro atoms. The fraction of sp³-hybridized carbons (Fsp3) is 0.333. The molecular weight excluding hydrogens is 271 g/mol. The first-order valence-corrected chi connectivity index (χ1v) is 6.81. The Kier molecular flexibility index (Phi) is 5.45. The molecule has 0 unspecified atom stereocenters. The molecule has 0 fully saturated rings. The fourth-order valence-electron chi connectivity index (χ4n) is 1.88. The largest absolute Gasteiger partial charge is 0.377 e. The molecule has 1 aromatic carbocycles. The predicted octanol–water partition coefficient (Wildman–Crippen LogP) is 2.81. The second kappa shape index (κ2) is 7.54. The summed E-state index contributed by atoms with van der Waals surface area (Å²) in [5.41, 5.74) is 0.592. The molecule has 112 valence electrons. The maximum absolute atomic E-state index is 13.6. The number of nitrogens with one attached hydrogen (secondary N) is 2. The monoisotopic (exact) mass is 290 g/mol. The van der Waals surface area contributed by atoms with Gasteiger partial charge in [-0.25, -0.2) is 14.4 Å². The number of benzene rings is 1. The molecule has 2 rings (SSSR count). The van der Waals surface area contributed by atoms with Gasteiger partial charge < -0.3 is 15.4 Å². The molecule has 2 N–H and O–H groups in total. The Hall–Kier alpha value is -2.21. The Labute approximate surface area is 123 Å². The molecule has 0 atom stereocenters. The summed E-state index contributed by atoms with van der Waals surface area (Å²) in [6, 6.07) is 8.45. The van der Waals surface area contributed by atoms with Crippen molar-refractivity contribution in [3.05, 3.63) is 47.5 Å². The SMILES string of the molecule is CCNc1cc(NCc2ccccc2F)nc(COC)n1. The highest BCUT2D eigenvalue weighted by atomic mass is 19.1. The number of anilines is 2. The molecule has 0 saturated heterocycles. The summed E-state index contributed by atoms with van der Waals surface area (Å²) in [4.78, 5) is 8.66. The highest BCUT2D eigenvalue weighted by Crippen LogP contribution is 2.14. The van der Waals surface area contributed by atoms with Crippen LogP contribution < -0.4 is 10.6 Å². The molecule has 0 bridgehead atoms. The first-order chi connectivity index (χ1) is 10.2. The van der Waals surface area contributed by atoms with Crippen molar-refractivity contribution in [2.45, 2.75) is 20.1 Å². The van der Waals surface area contributed by atoms with E-state index in [2.05, 4.69) is 20.6 Å². The lowest BCUT2D eigenvalue weighted by Gasteiger charge is -2.11. The average Bonchev–Trinajstić information content (AvgIpc) is 2.47. The van der Waals surface area contributed by atoms with Crippen LogP contribution in [0.1, 0.15) is 18.3 Å². The lowest BCUT2D eigenvalue weighted by Crippen LogP contribution is -2.09. The van der Waals surface area contributed by atoms with E-state index in [0.717, 1.165) is 12.4 Å². The summed E-state index contributed by atoms with van der Waals surface area (Å²) in [5.74, 6) is 1.70. The lowest BCUT2D eigenvalue weighted by molar-refractivity contribution is 0.178. The standard InChI is InChI=1S/C15H19FN4O/c1-3-17-13-8-14(20-15(19-13)10-21-2)18-9-11-6-4-5-7-12(11)16/h4-8H,3,9-10H2,1-2H3,(H2,17,18,19,20). The number of nitrogens with zero attached hydrogens (tertiary/aromatic N) is 2. The van der Waals surface area contributed by atoms with Crippen molar-refractivity contribution in [2.75, 3.05) is 24.3 Å². The maximum atomic E-state index is 13.6. The summed E-state index contributed by atoms with van der Waals surface area (Å²) >= 11 is 0. The minimum absolute atomic E-state index is 0.233. The van der Waals surface area contributed by atoms with Crippen LogP contribution in [0.5, 0.6) is 0 Å². The Morgan fingerprint density at radius 1 is 1.14 bits per heavy atom. The number of methoxy groups -OCH3 is 1. The molecule has 6 heteroatoms. The first kappa shape index (κ1) is 15.2. The van der Waals surface area contributed by atoms with Gasteiger partial charge >= 0.3 is 0 Å². The molecule has 0 amide bonds. The van der Waals surface area contributed by atoms with Gasteiger partial charge in [-0.2, -0.15) is 0 Å². The van der Waals surface area contributed by atoms with E-state index >= 15 is 0 Å². The Balaban J connectivity index is 2.13. The molecular formula is C15H19FN4O. The van der Waals surface area contributed by atoms with Crippen molar-refractivity contribution in [1.29, 1.82) is 0 Å². The second-order valence-electron chi connectivity index (χ2n) is 4.46. The third-order valence-corrected chi connectivity index (χ3v) is 2.82. The van der Waals surface area contributed by atoms with Crippen LogP contribution in [0.2, 0.25) is 0 Å². The van der Waals surface area contributed by atoms with E-state index in [4.69, 9.17) is 4.74 Å². The molecule has 0 aliphatic heterocycles. The zero-order valence-corrected chi connectivity index (χ0v) is 12.2. The Bertz CT molecular complexity index is 567. The van der Waals surface area contributed by atoms with Crippen molar-refractivity contribution in [1.82, 2.24) is 9.97 Å². The van der Waals surface area contributed by atoms with E-state index < -0.39 is 0 Å². The van der Waals surface area contributed by atoms with Gasteiger partial charge in [-0.15, -0.1) is 0 Å². The van der Waals surface area contributed by atoms with Crippen LogP contribution >= 0.6 is 0 Å². The van der Waals surface area contributed by atoms with E-state index in [9.17, 15) is 4.39 Å². The van der Waals surface area contributed by atoms with Crippen molar-refractivity contribution in [3.8, 4) is 0 Å². The van der Waals surface area contributed by atoms with E-state index in [-0.39, 0.29) is 5.82 Å². The number of hydrogen-bond acceptors (Lipinski definition) is 5. The van der Waals surface area contributed by atoms with Gasteiger partial charge in [-0.3, -0.25) is 0 Å². The van der Waals surface area contributed by atoms with Crippen LogP contribution in [0.3, 0.4) is 0 Å². The van der Waals surface area contributed by atoms with E-state index in [1.165, 1.54) is 6.07 Å². The lowest BCUT2D eigenvalue weighted by atomic mass is 10.2. The van der Waals surface area contributed by atoms with Crippen LogP contribution in [0, 0.1) is 5.82 Å². The second-order valence-corrected chi connectivity index (χ2v) is 4.46. The van der Waals surface area contributed by atoms with E-state index in [1.54, 1.807) is 31.4 Å². The number of aromatic nitrogens is 2. The third-order valence-electron chi connectivity index (χ3n) is 2.82. The molecule has 1 aromatic heterocycles. The summed E-state index contributed by atoms with van der Waals surface area (Å²) in [6.45, 7) is 3.44. The average molecular weight is 290 g/mol. The molecule has 21 heavy (non-hydrogen) atoms. The number of ether oxygens (including phenoxy) is 1. The molecule has 2 aromatic rings. The smallest absolute Gasteiger partial charge is 0.158 e. The van der Waals surface area contributed by atoms with Gasteiger partial charge in [0.1, 0.15) is 24.1 Å². The number of hydrogen-bond donors (Lipinski definition) is 2. The predicted molar refractivity (Wildman–Crippen MR) is 80.6 cm³/mol. The van der Waals surface area contributed by atoms with Crippen LogP contribution in [-0.4, -0.2) is 23.6 Å². The van der Waals surface area contributed by atoms with Gasteiger partial charge in [-0.1, -0.05) is 18.2 Å². The topological polar surface area (TPSA) is 59.1 Å². The summed E-state index contributed by atoms with van der Waals surface area (Å²) in [6.07, 6.45) is 0. The van der Waals surface area contributed by atoms with Crippen molar-refractivity contribution >= 4 is 11.6 Å². The molecule has 0 aliphatic carbocycles. The van der Waals surface area contributed by atoms with Crippen LogP contribution in [0.4, 0.5) is 16.0 Å². The van der Waals surface area contributed by atoms with Gasteiger partial charge in [0, 0.05) is 31.8 Å². The van der Waals surface area contributed by atoms with Gasteiger partial charge in [0.25, 0.3) is 0 Å². The molecule has 5 nitrogen and oxygen atoms in total. The van der Waals surface area contributed by atoms with Crippen LogP contribution in [-0.2, 0) is 17.9 Å². The van der Waals surface area contributed by atoms with Gasteiger partial charge in [0.05, 0.1) is 0 Å². The van der Waals surface area contributed by atoms with Crippen molar-refractivity contribution in [2.24, 2.45) is 0 Å². The van der Waals surface area contributed by atoms with Crippen LogP contribution in [0.15, 0.2) is 30.3 Å². The quantitative estimate of drug-likeness (QED) is 0.821. The highest BCUT2D eigenvalue weighted by Gasteiger charge is 2.06. The van der Waals surface area contributed by atoms with Gasteiger partial charge in [0.2, 0.25) is 0 Å². The molecule has 0 saturated carbocycles. The van der Waals surface area contributed by atoms with E-state index in [0.29, 0.717) is 30.4 Å². The van der Waals surface area contributed by atoms with E-state index in [1.807, 2.05) is 6.92 Å². The Morgan fingerprint density at radius 2 is 1.86 bits per heavy atom. The summed E-state index contributed by atoms with van der Waals surface area (Å²) in [5, 5.41) is 6.25. The van der Waals surface area contributed by atoms with Gasteiger partial charge in [0.15, 0.2) is 5.82 Å². The number of halogens is 1. The maximum Gasteiger partial charge on any atom is 0.158 e. The summed E-state index contributed by atoms with van der Waals surface area (Å²) < 4.78 is 18.6.